The Morgan fingerprint density at radius 1 is 1.00 bits per heavy atom. The van der Waals surface area contributed by atoms with Gasteiger partial charge in [0, 0.05) is 11.1 Å². The first kappa shape index (κ1) is 22.3. The Labute approximate surface area is 175 Å². The van der Waals surface area contributed by atoms with Gasteiger partial charge in [-0.3, -0.25) is 0 Å². The van der Waals surface area contributed by atoms with Gasteiger partial charge in [0.15, 0.2) is 17.5 Å². The summed E-state index contributed by atoms with van der Waals surface area (Å²) in [4.78, 5) is 1.50. The number of nitrogens with one attached hydrogen (secondary N) is 1. The highest BCUT2D eigenvalue weighted by atomic mass is 19.3. The summed E-state index contributed by atoms with van der Waals surface area (Å²) >= 11 is 0. The lowest BCUT2D eigenvalue weighted by Gasteiger charge is -2.31. The molecule has 0 unspecified atom stereocenters. The van der Waals surface area contributed by atoms with Crippen LogP contribution >= 0.6 is 0 Å². The predicted octanol–water partition coefficient (Wildman–Crippen LogP) is 1.03. The topological polar surface area (TPSA) is 58.0 Å². The first-order valence-corrected chi connectivity index (χ1v) is 10.1. The fraction of sp³-hybridized carbons (Fsp3) is 0.455. The number of benzene rings is 2. The third kappa shape index (κ3) is 6.04. The van der Waals surface area contributed by atoms with Crippen molar-refractivity contribution in [3.63, 3.8) is 0 Å². The van der Waals surface area contributed by atoms with Crippen LogP contribution in [0.25, 0.3) is 0 Å². The molecule has 1 saturated heterocycles. The van der Waals surface area contributed by atoms with Gasteiger partial charge >= 0.3 is 6.61 Å². The van der Waals surface area contributed by atoms with E-state index in [-0.39, 0.29) is 5.75 Å². The van der Waals surface area contributed by atoms with Gasteiger partial charge in [0.05, 0.1) is 27.4 Å². The molecule has 0 aliphatic carbocycles. The number of hydrogen-bond donors (Lipinski definition) is 2. The van der Waals surface area contributed by atoms with Crippen LogP contribution in [0.2, 0.25) is 0 Å². The average molecular weight is 424 g/mol. The van der Waals surface area contributed by atoms with Crippen LogP contribution in [0, 0.1) is 0 Å². The van der Waals surface area contributed by atoms with Gasteiger partial charge in [-0.15, -0.1) is 0 Å². The molecule has 8 heteroatoms. The maximum Gasteiger partial charge on any atom is 0.387 e. The van der Waals surface area contributed by atoms with Crippen molar-refractivity contribution < 1.29 is 37.9 Å². The summed E-state index contributed by atoms with van der Waals surface area (Å²) in [6.45, 7) is 2.20. The standard InChI is InChI=1S/C22H28F2N2O4/c1-27-18-6-4-17(5-7-18)19(26-9-11-29-12-10-26)15-25-14-16-3-8-20(30-22(23)24)21(13-16)28-2/h3-8,13,19,22,25H,9-12,14-15H2,1-2H3/p+2/t19-/m1/s1. The van der Waals surface area contributed by atoms with E-state index in [0.29, 0.717) is 18.3 Å². The first-order chi connectivity index (χ1) is 14.6. The maximum atomic E-state index is 12.5. The van der Waals surface area contributed by atoms with Crippen molar-refractivity contribution in [3.05, 3.63) is 53.6 Å². The lowest BCUT2D eigenvalue weighted by molar-refractivity contribution is -0.952. The fourth-order valence-corrected chi connectivity index (χ4v) is 3.81. The van der Waals surface area contributed by atoms with Gasteiger partial charge in [0.1, 0.15) is 31.9 Å². The molecule has 3 rings (SSSR count). The molecule has 1 aliphatic rings. The number of rotatable bonds is 10. The molecule has 0 bridgehead atoms. The molecule has 1 fully saturated rings. The van der Waals surface area contributed by atoms with E-state index >= 15 is 0 Å². The third-order valence-corrected chi connectivity index (χ3v) is 5.37. The zero-order valence-electron chi connectivity index (χ0n) is 17.4. The van der Waals surface area contributed by atoms with Crippen LogP contribution in [-0.2, 0) is 11.3 Å². The van der Waals surface area contributed by atoms with Crippen LogP contribution in [0.4, 0.5) is 8.78 Å². The average Bonchev–Trinajstić information content (AvgIpc) is 2.78. The minimum Gasteiger partial charge on any atom is -0.497 e. The van der Waals surface area contributed by atoms with E-state index in [9.17, 15) is 8.78 Å². The number of morpholine rings is 1. The number of nitrogens with two attached hydrogens (primary N) is 1. The van der Waals surface area contributed by atoms with Crippen molar-refractivity contribution in [3.8, 4) is 17.2 Å². The van der Waals surface area contributed by atoms with E-state index in [2.05, 4.69) is 22.2 Å². The lowest BCUT2D eigenvalue weighted by Crippen LogP contribution is -3.16. The predicted molar refractivity (Wildman–Crippen MR) is 107 cm³/mol. The Kier molecular flexibility index (Phi) is 8.24. The van der Waals surface area contributed by atoms with Crippen LogP contribution in [0.1, 0.15) is 17.2 Å². The minimum atomic E-state index is -2.88. The molecule has 0 spiro atoms. The van der Waals surface area contributed by atoms with Crippen molar-refractivity contribution in [1.82, 2.24) is 0 Å². The van der Waals surface area contributed by atoms with E-state index in [4.69, 9.17) is 14.2 Å². The molecule has 2 aromatic carbocycles. The van der Waals surface area contributed by atoms with Crippen molar-refractivity contribution in [2.45, 2.75) is 19.2 Å². The zero-order valence-corrected chi connectivity index (χ0v) is 17.4. The second-order valence-electron chi connectivity index (χ2n) is 7.19. The van der Waals surface area contributed by atoms with Gasteiger partial charge in [-0.2, -0.15) is 8.78 Å². The van der Waals surface area contributed by atoms with Crippen LogP contribution in [0.15, 0.2) is 42.5 Å². The lowest BCUT2D eigenvalue weighted by atomic mass is 10.0. The van der Waals surface area contributed by atoms with E-state index in [1.807, 2.05) is 12.1 Å². The monoisotopic (exact) mass is 424 g/mol. The Hall–Kier alpha value is -2.42. The van der Waals surface area contributed by atoms with Crippen LogP contribution in [-0.4, -0.2) is 53.7 Å². The SMILES string of the molecule is COc1ccc([C@@H](C[NH2+]Cc2ccc(OC(F)F)c(OC)c2)[NH+]2CCOCC2)cc1. The van der Waals surface area contributed by atoms with Crippen LogP contribution in [0.3, 0.4) is 0 Å². The van der Waals surface area contributed by atoms with E-state index < -0.39 is 6.61 Å². The molecule has 30 heavy (non-hydrogen) atoms. The summed E-state index contributed by atoms with van der Waals surface area (Å²) in [6.07, 6.45) is 0. The van der Waals surface area contributed by atoms with Crippen molar-refractivity contribution >= 4 is 0 Å². The largest absolute Gasteiger partial charge is 0.497 e. The van der Waals surface area contributed by atoms with Gasteiger partial charge < -0.3 is 29.2 Å². The van der Waals surface area contributed by atoms with Crippen LogP contribution in [0.5, 0.6) is 17.2 Å². The summed E-state index contributed by atoms with van der Waals surface area (Å²) in [6, 6.07) is 13.6. The number of hydrogen-bond acceptors (Lipinski definition) is 4. The van der Waals surface area contributed by atoms with E-state index in [0.717, 1.165) is 44.2 Å². The first-order valence-electron chi connectivity index (χ1n) is 10.1. The summed E-state index contributed by atoms with van der Waals surface area (Å²) in [5, 5.41) is 2.24. The second kappa shape index (κ2) is 11.1. The molecule has 1 atom stereocenters. The summed E-state index contributed by atoms with van der Waals surface area (Å²) in [7, 11) is 3.11. The van der Waals surface area contributed by atoms with Crippen molar-refractivity contribution in [2.24, 2.45) is 0 Å². The van der Waals surface area contributed by atoms with Gasteiger partial charge in [0.25, 0.3) is 0 Å². The summed E-state index contributed by atoms with van der Waals surface area (Å²) < 4.78 is 45.5. The van der Waals surface area contributed by atoms with Crippen LogP contribution < -0.4 is 24.4 Å². The number of halogens is 2. The molecule has 0 amide bonds. The molecular formula is C22H30F2N2O4+2. The molecule has 3 N–H and O–H groups in total. The van der Waals surface area contributed by atoms with Gasteiger partial charge in [-0.05, 0) is 42.5 Å². The molecule has 1 heterocycles. The molecular weight excluding hydrogens is 394 g/mol. The third-order valence-electron chi connectivity index (χ3n) is 5.37. The Morgan fingerprint density at radius 2 is 1.73 bits per heavy atom. The Bertz CT molecular complexity index is 783. The highest BCUT2D eigenvalue weighted by Gasteiger charge is 2.28. The van der Waals surface area contributed by atoms with Crippen molar-refractivity contribution in [1.29, 1.82) is 0 Å². The summed E-state index contributed by atoms with van der Waals surface area (Å²) in [5.74, 6) is 1.20. The number of alkyl halides is 2. The Balaban J connectivity index is 1.66. The van der Waals surface area contributed by atoms with Crippen molar-refractivity contribution in [2.75, 3.05) is 47.1 Å². The number of methoxy groups -OCH3 is 2. The van der Waals surface area contributed by atoms with Gasteiger partial charge in [-0.1, -0.05) is 0 Å². The number of quaternary nitrogens is 2. The summed E-state index contributed by atoms with van der Waals surface area (Å²) in [5.41, 5.74) is 2.25. The molecule has 164 valence electrons. The molecule has 0 aromatic heterocycles. The molecule has 0 saturated carbocycles. The fourth-order valence-electron chi connectivity index (χ4n) is 3.81. The highest BCUT2D eigenvalue weighted by Crippen LogP contribution is 2.29. The van der Waals surface area contributed by atoms with E-state index in [1.165, 1.54) is 23.6 Å². The highest BCUT2D eigenvalue weighted by molar-refractivity contribution is 5.42. The normalized spacial score (nSPS) is 15.8. The van der Waals surface area contributed by atoms with Gasteiger partial charge in [-0.25, -0.2) is 0 Å². The van der Waals surface area contributed by atoms with E-state index in [1.54, 1.807) is 19.2 Å². The smallest absolute Gasteiger partial charge is 0.387 e. The molecule has 0 radical (unpaired) electrons. The zero-order chi connectivity index (χ0) is 21.3. The maximum absolute atomic E-state index is 12.5. The molecule has 6 nitrogen and oxygen atoms in total. The second-order valence-corrected chi connectivity index (χ2v) is 7.19. The quantitative estimate of drug-likeness (QED) is 0.598. The number of ether oxygens (including phenoxy) is 4. The molecule has 2 aromatic rings. The van der Waals surface area contributed by atoms with Gasteiger partial charge in [0.2, 0.25) is 0 Å². The minimum absolute atomic E-state index is 0.0464. The molecule has 1 aliphatic heterocycles. The Morgan fingerprint density at radius 3 is 2.37 bits per heavy atom.